The van der Waals surface area contributed by atoms with Crippen LogP contribution < -0.4 is 0 Å². The number of benzene rings is 9. The van der Waals surface area contributed by atoms with Crippen LogP contribution in [-0.2, 0) is 92.7 Å². The van der Waals surface area contributed by atoms with Gasteiger partial charge in [-0.3, -0.25) is 0 Å². The van der Waals surface area contributed by atoms with Crippen LogP contribution in [0.5, 0.6) is 0 Å². The van der Waals surface area contributed by atoms with Crippen molar-refractivity contribution in [3.63, 3.8) is 0 Å². The third-order valence-electron chi connectivity index (χ3n) is 17.2. The van der Waals surface area contributed by atoms with E-state index in [4.69, 9.17) is 66.3 Å². The molecule has 3 heterocycles. The molecule has 21 nitrogen and oxygen atoms in total. The molecule has 0 spiro atoms. The second-order valence-corrected chi connectivity index (χ2v) is 24.2. The van der Waals surface area contributed by atoms with Crippen molar-refractivity contribution in [3.8, 4) is 0 Å². The standard InChI is InChI=1S/C81H76O21/c82-46-62-66(101-80-72(92-50-56-34-16-4-17-35-56)68(91-49-55-32-14-3-15-33-55)65(90-48-54-30-12-2-13-31-54)63(96-80)51-89-47-53-28-10-1-11-29-53)70(98-76(85)59-40-22-7-23-41-59)73(100-78(87)61-44-26-9-27-45-61)81(95-62)102-67-64(52-93-74(83)57-36-18-5-19-37-57)94-79(88)71(99-77(86)60-42-24-8-25-43-60)69(67)97-75(84)58-38-20-6-21-39-58/h1-45,62-73,79-82,88H,46-52H2/t62-,63-,64-,65+,66+,67-,68+,69+,70+,71-,72-,73-,79-,80-,81+/m1/s1. The number of carbonyl (C=O) groups is 5. The molecule has 21 heteroatoms. The molecule has 9 aromatic rings. The lowest BCUT2D eigenvalue weighted by Crippen LogP contribution is -2.68. The maximum atomic E-state index is 15.1. The molecule has 3 aliphatic heterocycles. The Morgan fingerprint density at radius 3 is 1.01 bits per heavy atom. The first-order chi connectivity index (χ1) is 50.0. The van der Waals surface area contributed by atoms with Gasteiger partial charge in [0, 0.05) is 0 Å². The minimum atomic E-state index is -2.13. The highest BCUT2D eigenvalue weighted by Crippen LogP contribution is 2.39. The SMILES string of the molecule is O=C(OC[C@H]1O[C@@H](O)[C@H](OC(=O)c2ccccc2)[C@@H](OC(=O)c2ccccc2)[C@@H]1O[C@@H]1O[C@H](CO)[C@H](O[C@H]2O[C@H](COCc3ccccc3)[C@H](OCc3ccccc3)[C@H](OCc3ccccc3)[C@H]2OCc2ccccc2)[C@H](OC(=O)c2ccccc2)[C@H]1OC(=O)c1ccccc1)c1ccccc1. The van der Waals surface area contributed by atoms with Crippen LogP contribution >= 0.6 is 0 Å². The number of ether oxygens (including phenoxy) is 14. The molecule has 0 radical (unpaired) electrons. The van der Waals surface area contributed by atoms with Gasteiger partial charge in [-0.2, -0.15) is 0 Å². The van der Waals surface area contributed by atoms with Crippen molar-refractivity contribution in [3.05, 3.63) is 323 Å². The first kappa shape index (κ1) is 71.7. The van der Waals surface area contributed by atoms with Crippen molar-refractivity contribution in [2.24, 2.45) is 0 Å². The maximum Gasteiger partial charge on any atom is 0.338 e. The van der Waals surface area contributed by atoms with E-state index in [0.29, 0.717) is 0 Å². The molecule has 0 saturated carbocycles. The van der Waals surface area contributed by atoms with Gasteiger partial charge < -0.3 is 76.5 Å². The summed E-state index contributed by atoms with van der Waals surface area (Å²) in [6, 6.07) is 77.1. The van der Waals surface area contributed by atoms with Crippen LogP contribution in [0.2, 0.25) is 0 Å². The van der Waals surface area contributed by atoms with Crippen molar-refractivity contribution >= 4 is 29.8 Å². The van der Waals surface area contributed by atoms with Crippen LogP contribution in [0.3, 0.4) is 0 Å². The molecule has 0 unspecified atom stereocenters. The monoisotopic (exact) mass is 1380 g/mol. The summed E-state index contributed by atoms with van der Waals surface area (Å²) in [5, 5.41) is 24.1. The van der Waals surface area contributed by atoms with Crippen LogP contribution in [0, 0.1) is 0 Å². The molecular weight excluding hydrogens is 1310 g/mol. The topological polar surface area (TPSA) is 255 Å². The van der Waals surface area contributed by atoms with Crippen LogP contribution in [0.4, 0.5) is 0 Å². The number of aliphatic hydroxyl groups is 2. The van der Waals surface area contributed by atoms with Gasteiger partial charge in [0.2, 0.25) is 0 Å². The fourth-order valence-corrected chi connectivity index (χ4v) is 12.1. The van der Waals surface area contributed by atoms with Gasteiger partial charge in [0.15, 0.2) is 43.3 Å². The van der Waals surface area contributed by atoms with Crippen molar-refractivity contribution in [1.29, 1.82) is 0 Å². The van der Waals surface area contributed by atoms with Crippen LogP contribution in [0.1, 0.15) is 74.0 Å². The normalized spacial score (nSPS) is 24.7. The Kier molecular flexibility index (Phi) is 25.3. The molecule has 0 bridgehead atoms. The quantitative estimate of drug-likeness (QED) is 0.0326. The number of esters is 5. The summed E-state index contributed by atoms with van der Waals surface area (Å²) in [5.41, 5.74) is 3.46. The van der Waals surface area contributed by atoms with E-state index < -0.39 is 135 Å². The zero-order valence-electron chi connectivity index (χ0n) is 55.2. The number of hydrogen-bond acceptors (Lipinski definition) is 21. The molecule has 102 heavy (non-hydrogen) atoms. The van der Waals surface area contributed by atoms with E-state index in [9.17, 15) is 24.6 Å². The van der Waals surface area contributed by atoms with Crippen LogP contribution in [0.15, 0.2) is 273 Å². The predicted octanol–water partition coefficient (Wildman–Crippen LogP) is 10.6. The van der Waals surface area contributed by atoms with Gasteiger partial charge in [-0.05, 0) is 82.9 Å². The number of hydrogen-bond donors (Lipinski definition) is 2. The Hall–Kier alpha value is -10.1. The van der Waals surface area contributed by atoms with Crippen LogP contribution in [-0.4, -0.2) is 152 Å². The van der Waals surface area contributed by atoms with Crippen molar-refractivity contribution in [2.75, 3.05) is 19.8 Å². The minimum absolute atomic E-state index is 0.00630. The summed E-state index contributed by atoms with van der Waals surface area (Å²) in [4.78, 5) is 72.8. The minimum Gasteiger partial charge on any atom is -0.459 e. The average molecular weight is 1390 g/mol. The molecule has 3 saturated heterocycles. The molecular formula is C81H76O21. The molecule has 0 aliphatic carbocycles. The van der Waals surface area contributed by atoms with Gasteiger partial charge >= 0.3 is 29.8 Å². The number of carbonyl (C=O) groups excluding carboxylic acids is 5. The summed E-state index contributed by atoms with van der Waals surface area (Å²) in [6.07, 6.45) is -24.9. The molecule has 526 valence electrons. The second-order valence-electron chi connectivity index (χ2n) is 24.2. The van der Waals surface area contributed by atoms with E-state index in [1.807, 2.05) is 121 Å². The Morgan fingerprint density at radius 2 is 0.598 bits per heavy atom. The highest BCUT2D eigenvalue weighted by atomic mass is 16.8. The molecule has 15 atom stereocenters. The van der Waals surface area contributed by atoms with Crippen molar-refractivity contribution in [2.45, 2.75) is 119 Å². The van der Waals surface area contributed by atoms with Gasteiger partial charge in [-0.15, -0.1) is 0 Å². The fraction of sp³-hybridized carbons (Fsp3) is 0.272. The summed E-state index contributed by atoms with van der Waals surface area (Å²) in [7, 11) is 0. The molecule has 3 aliphatic rings. The highest BCUT2D eigenvalue weighted by Gasteiger charge is 2.59. The zero-order valence-corrected chi connectivity index (χ0v) is 55.2. The van der Waals surface area contributed by atoms with E-state index in [-0.39, 0.29) is 60.9 Å². The second kappa shape index (κ2) is 36.0. The van der Waals surface area contributed by atoms with E-state index in [1.165, 1.54) is 60.7 Å². The molecule has 12 rings (SSSR count). The molecule has 2 N–H and O–H groups in total. The Morgan fingerprint density at radius 1 is 0.294 bits per heavy atom. The van der Waals surface area contributed by atoms with Gasteiger partial charge in [0.25, 0.3) is 0 Å². The van der Waals surface area contributed by atoms with Gasteiger partial charge in [0.05, 0.1) is 67.5 Å². The number of rotatable bonds is 29. The van der Waals surface area contributed by atoms with Crippen molar-refractivity contribution < 1.29 is 101 Å². The summed E-state index contributed by atoms with van der Waals surface area (Å²) in [5.74, 6) is -4.82. The summed E-state index contributed by atoms with van der Waals surface area (Å²) >= 11 is 0. The zero-order chi connectivity index (χ0) is 70.4. The van der Waals surface area contributed by atoms with Gasteiger partial charge in [-0.25, -0.2) is 24.0 Å². The summed E-state index contributed by atoms with van der Waals surface area (Å²) in [6.45, 7) is -1.58. The maximum absolute atomic E-state index is 15.1. The van der Waals surface area contributed by atoms with E-state index >= 15 is 9.59 Å². The van der Waals surface area contributed by atoms with Gasteiger partial charge in [-0.1, -0.05) is 212 Å². The largest absolute Gasteiger partial charge is 0.459 e. The third kappa shape index (κ3) is 18.9. The predicted molar refractivity (Wildman–Crippen MR) is 365 cm³/mol. The lowest BCUT2D eigenvalue weighted by Gasteiger charge is -2.50. The Balaban J connectivity index is 0.982. The lowest BCUT2D eigenvalue weighted by atomic mass is 9.95. The smallest absolute Gasteiger partial charge is 0.338 e. The first-order valence-corrected chi connectivity index (χ1v) is 33.4. The summed E-state index contributed by atoms with van der Waals surface area (Å²) < 4.78 is 93.6. The molecule has 3 fully saturated rings. The Bertz CT molecular complexity index is 4060. The fourth-order valence-electron chi connectivity index (χ4n) is 12.1. The van der Waals surface area contributed by atoms with Crippen LogP contribution in [0.25, 0.3) is 0 Å². The van der Waals surface area contributed by atoms with Gasteiger partial charge in [0.1, 0.15) is 55.4 Å². The van der Waals surface area contributed by atoms with E-state index in [1.54, 1.807) is 91.0 Å². The van der Waals surface area contributed by atoms with E-state index in [2.05, 4.69) is 0 Å². The molecule has 9 aromatic carbocycles. The lowest BCUT2D eigenvalue weighted by molar-refractivity contribution is -0.381. The molecule has 0 amide bonds. The first-order valence-electron chi connectivity index (χ1n) is 33.4. The number of aliphatic hydroxyl groups excluding tert-OH is 2. The third-order valence-corrected chi connectivity index (χ3v) is 17.2. The average Bonchev–Trinajstić information content (AvgIpc) is 0.761. The molecule has 0 aromatic heterocycles. The highest BCUT2D eigenvalue weighted by molar-refractivity contribution is 5.92. The Labute approximate surface area is 589 Å². The van der Waals surface area contributed by atoms with E-state index in [0.717, 1.165) is 22.3 Å². The van der Waals surface area contributed by atoms with Crippen molar-refractivity contribution in [1.82, 2.24) is 0 Å².